The smallest absolute Gasteiger partial charge is 0.314 e. The highest BCUT2D eigenvalue weighted by Gasteiger charge is 2.18. The van der Waals surface area contributed by atoms with Gasteiger partial charge in [-0.15, -0.1) is 0 Å². The van der Waals surface area contributed by atoms with Gasteiger partial charge < -0.3 is 10.6 Å². The van der Waals surface area contributed by atoms with Gasteiger partial charge in [0.15, 0.2) is 0 Å². The molecule has 0 aliphatic carbocycles. The standard InChI is InChI=1S/C10H14N4O3/c1-3-11-8(15)6-13-10-9(14(16)17)7(2)4-5-12-10/h4-5H,3,6H2,1-2H3,(H,11,15)(H,12,13). The average molecular weight is 238 g/mol. The van der Waals surface area contributed by atoms with Gasteiger partial charge in [-0.2, -0.15) is 0 Å². The fraction of sp³-hybridized carbons (Fsp3) is 0.400. The van der Waals surface area contributed by atoms with Crippen molar-refractivity contribution >= 4 is 17.4 Å². The van der Waals surface area contributed by atoms with Crippen molar-refractivity contribution in [2.45, 2.75) is 13.8 Å². The number of nitrogens with one attached hydrogen (secondary N) is 2. The monoisotopic (exact) mass is 238 g/mol. The molecule has 1 aromatic rings. The van der Waals surface area contributed by atoms with Crippen LogP contribution in [0, 0.1) is 17.0 Å². The van der Waals surface area contributed by atoms with Gasteiger partial charge in [-0.1, -0.05) is 0 Å². The molecule has 7 heteroatoms. The highest BCUT2D eigenvalue weighted by molar-refractivity contribution is 5.81. The van der Waals surface area contributed by atoms with Crippen molar-refractivity contribution in [3.05, 3.63) is 27.9 Å². The first-order valence-electron chi connectivity index (χ1n) is 5.16. The molecule has 1 aromatic heterocycles. The number of hydrogen-bond acceptors (Lipinski definition) is 5. The molecule has 1 rings (SSSR count). The number of nitrogens with zero attached hydrogens (tertiary/aromatic N) is 2. The van der Waals surface area contributed by atoms with Crippen molar-refractivity contribution in [1.29, 1.82) is 0 Å². The summed E-state index contributed by atoms with van der Waals surface area (Å²) in [5.74, 6) is -0.119. The van der Waals surface area contributed by atoms with E-state index in [1.807, 2.05) is 0 Å². The van der Waals surface area contributed by atoms with Gasteiger partial charge in [-0.05, 0) is 19.9 Å². The quantitative estimate of drug-likeness (QED) is 0.585. The van der Waals surface area contributed by atoms with Crippen LogP contribution in [0.1, 0.15) is 12.5 Å². The predicted molar refractivity (Wildman–Crippen MR) is 62.8 cm³/mol. The van der Waals surface area contributed by atoms with Crippen molar-refractivity contribution in [2.75, 3.05) is 18.4 Å². The van der Waals surface area contributed by atoms with Crippen LogP contribution >= 0.6 is 0 Å². The fourth-order valence-electron chi connectivity index (χ4n) is 1.33. The van der Waals surface area contributed by atoms with Crippen molar-refractivity contribution in [3.63, 3.8) is 0 Å². The molecule has 92 valence electrons. The van der Waals surface area contributed by atoms with Crippen LogP contribution in [0.15, 0.2) is 12.3 Å². The molecule has 0 saturated carbocycles. The molecule has 0 saturated heterocycles. The van der Waals surface area contributed by atoms with E-state index in [9.17, 15) is 14.9 Å². The van der Waals surface area contributed by atoms with Crippen LogP contribution in [0.2, 0.25) is 0 Å². The Morgan fingerprint density at radius 1 is 1.59 bits per heavy atom. The van der Waals surface area contributed by atoms with Gasteiger partial charge in [0.05, 0.1) is 11.5 Å². The minimum absolute atomic E-state index is 0.0366. The Bertz CT molecular complexity index is 434. The van der Waals surface area contributed by atoms with Crippen LogP contribution in [-0.4, -0.2) is 28.9 Å². The molecule has 1 amide bonds. The van der Waals surface area contributed by atoms with Crippen LogP contribution in [0.5, 0.6) is 0 Å². The minimum Gasteiger partial charge on any atom is -0.355 e. The van der Waals surface area contributed by atoms with Crippen molar-refractivity contribution in [3.8, 4) is 0 Å². The summed E-state index contributed by atoms with van der Waals surface area (Å²) >= 11 is 0. The Morgan fingerprint density at radius 2 is 2.29 bits per heavy atom. The van der Waals surface area contributed by atoms with Crippen LogP contribution in [0.25, 0.3) is 0 Å². The second-order valence-electron chi connectivity index (χ2n) is 3.39. The topological polar surface area (TPSA) is 97.2 Å². The van der Waals surface area contributed by atoms with Crippen molar-refractivity contribution in [1.82, 2.24) is 10.3 Å². The molecule has 0 aliphatic rings. The molecule has 1 heterocycles. The maximum atomic E-state index is 11.2. The normalized spacial score (nSPS) is 9.76. The molecule has 0 atom stereocenters. The van der Waals surface area contributed by atoms with Crippen LogP contribution in [0.3, 0.4) is 0 Å². The molecule has 0 aromatic carbocycles. The number of amides is 1. The number of rotatable bonds is 5. The van der Waals surface area contributed by atoms with E-state index >= 15 is 0 Å². The summed E-state index contributed by atoms with van der Waals surface area (Å²) in [7, 11) is 0. The Morgan fingerprint density at radius 3 is 2.88 bits per heavy atom. The lowest BCUT2D eigenvalue weighted by atomic mass is 10.2. The first-order valence-corrected chi connectivity index (χ1v) is 5.16. The fourth-order valence-corrected chi connectivity index (χ4v) is 1.33. The number of pyridine rings is 1. The van der Waals surface area contributed by atoms with E-state index in [0.717, 1.165) is 0 Å². The Hall–Kier alpha value is -2.18. The third-order valence-corrected chi connectivity index (χ3v) is 2.10. The Kier molecular flexibility index (Phi) is 4.38. The number of carbonyl (C=O) groups is 1. The van der Waals surface area contributed by atoms with E-state index in [4.69, 9.17) is 0 Å². The molecule has 0 aliphatic heterocycles. The summed E-state index contributed by atoms with van der Waals surface area (Å²) in [4.78, 5) is 25.4. The second-order valence-corrected chi connectivity index (χ2v) is 3.39. The maximum absolute atomic E-state index is 11.2. The van der Waals surface area contributed by atoms with Crippen LogP contribution in [0.4, 0.5) is 11.5 Å². The SMILES string of the molecule is CCNC(=O)CNc1nccc(C)c1[N+](=O)[O-]. The highest BCUT2D eigenvalue weighted by Crippen LogP contribution is 2.24. The summed E-state index contributed by atoms with van der Waals surface area (Å²) in [5, 5.41) is 16.1. The maximum Gasteiger partial charge on any atom is 0.314 e. The number of aryl methyl sites for hydroxylation is 1. The third kappa shape index (κ3) is 3.40. The van der Waals surface area contributed by atoms with E-state index < -0.39 is 4.92 Å². The highest BCUT2D eigenvalue weighted by atomic mass is 16.6. The predicted octanol–water partition coefficient (Wildman–Crippen LogP) is 0.846. The summed E-state index contributed by atoms with van der Waals surface area (Å²) in [6.07, 6.45) is 1.46. The van der Waals surface area contributed by atoms with E-state index in [1.54, 1.807) is 19.9 Å². The van der Waals surface area contributed by atoms with Crippen molar-refractivity contribution in [2.24, 2.45) is 0 Å². The number of carbonyl (C=O) groups excluding carboxylic acids is 1. The molecule has 7 nitrogen and oxygen atoms in total. The molecular weight excluding hydrogens is 224 g/mol. The van der Waals surface area contributed by atoms with Gasteiger partial charge in [-0.25, -0.2) is 4.98 Å². The van der Waals surface area contributed by atoms with E-state index in [2.05, 4.69) is 15.6 Å². The number of aromatic nitrogens is 1. The zero-order valence-electron chi connectivity index (χ0n) is 9.69. The molecule has 0 unspecified atom stereocenters. The first kappa shape index (κ1) is 12.9. The number of likely N-dealkylation sites (N-methyl/N-ethyl adjacent to an activating group) is 1. The summed E-state index contributed by atoms with van der Waals surface area (Å²) in [5.41, 5.74) is 0.403. The first-order chi connectivity index (χ1) is 8.06. The van der Waals surface area contributed by atoms with Crippen molar-refractivity contribution < 1.29 is 9.72 Å². The summed E-state index contributed by atoms with van der Waals surface area (Å²) in [6, 6.07) is 1.55. The second kappa shape index (κ2) is 5.78. The third-order valence-electron chi connectivity index (χ3n) is 2.10. The Balaban J connectivity index is 2.81. The van der Waals surface area contributed by atoms with Gasteiger partial charge >= 0.3 is 5.69 Å². The van der Waals surface area contributed by atoms with E-state index in [-0.39, 0.29) is 24.0 Å². The van der Waals surface area contributed by atoms with Gasteiger partial charge in [0.25, 0.3) is 0 Å². The molecular formula is C10H14N4O3. The van der Waals surface area contributed by atoms with E-state index in [0.29, 0.717) is 12.1 Å². The number of nitro groups is 1. The van der Waals surface area contributed by atoms with Gasteiger partial charge in [-0.3, -0.25) is 14.9 Å². The average Bonchev–Trinajstić information content (AvgIpc) is 2.26. The summed E-state index contributed by atoms with van der Waals surface area (Å²) < 4.78 is 0. The molecule has 17 heavy (non-hydrogen) atoms. The molecule has 0 fully saturated rings. The van der Waals surface area contributed by atoms with Gasteiger partial charge in [0.2, 0.25) is 11.7 Å². The molecule has 0 bridgehead atoms. The summed E-state index contributed by atoms with van der Waals surface area (Å²) in [6.45, 7) is 3.90. The van der Waals surface area contributed by atoms with Crippen LogP contribution < -0.4 is 10.6 Å². The minimum atomic E-state index is -0.512. The Labute approximate surface area is 98.4 Å². The van der Waals surface area contributed by atoms with Crippen LogP contribution in [-0.2, 0) is 4.79 Å². The lowest BCUT2D eigenvalue weighted by Crippen LogP contribution is -2.29. The van der Waals surface area contributed by atoms with E-state index in [1.165, 1.54) is 6.20 Å². The van der Waals surface area contributed by atoms with Gasteiger partial charge in [0, 0.05) is 18.3 Å². The molecule has 0 spiro atoms. The van der Waals surface area contributed by atoms with Gasteiger partial charge in [0.1, 0.15) is 0 Å². The lowest BCUT2D eigenvalue weighted by molar-refractivity contribution is -0.384. The zero-order valence-corrected chi connectivity index (χ0v) is 9.69. The zero-order chi connectivity index (χ0) is 12.8. The number of hydrogen-bond donors (Lipinski definition) is 2. The number of anilines is 1. The lowest BCUT2D eigenvalue weighted by Gasteiger charge is -2.07. The largest absolute Gasteiger partial charge is 0.355 e. The molecule has 0 radical (unpaired) electrons. The molecule has 2 N–H and O–H groups in total.